The van der Waals surface area contributed by atoms with Crippen molar-refractivity contribution >= 4 is 6.09 Å². The minimum atomic E-state index is -0.492. The second kappa shape index (κ2) is 6.98. The fourth-order valence-electron chi connectivity index (χ4n) is 1.96. The lowest BCUT2D eigenvalue weighted by Gasteiger charge is -2.36. The Morgan fingerprint density at radius 1 is 1.33 bits per heavy atom. The highest BCUT2D eigenvalue weighted by Gasteiger charge is 2.33. The SMILES string of the molecule is CCCC(CO)(CNC(=O)OC(C)(C)C)C(C)C. The fourth-order valence-corrected chi connectivity index (χ4v) is 1.96. The maximum atomic E-state index is 11.6. The van der Waals surface area contributed by atoms with E-state index in [1.807, 2.05) is 20.8 Å². The van der Waals surface area contributed by atoms with Crippen molar-refractivity contribution in [3.63, 3.8) is 0 Å². The lowest BCUT2D eigenvalue weighted by Crippen LogP contribution is -2.45. The Balaban J connectivity index is 4.48. The first-order chi connectivity index (χ1) is 8.17. The molecule has 108 valence electrons. The van der Waals surface area contributed by atoms with Gasteiger partial charge in [0, 0.05) is 12.0 Å². The molecule has 0 bridgehead atoms. The van der Waals surface area contributed by atoms with E-state index in [2.05, 4.69) is 26.1 Å². The third-order valence-electron chi connectivity index (χ3n) is 3.27. The third kappa shape index (κ3) is 5.71. The summed E-state index contributed by atoms with van der Waals surface area (Å²) in [6.45, 7) is 12.3. The number of hydrogen-bond donors (Lipinski definition) is 2. The number of alkyl carbamates (subject to hydrolysis) is 1. The molecule has 0 radical (unpaired) electrons. The van der Waals surface area contributed by atoms with Gasteiger partial charge < -0.3 is 15.2 Å². The summed E-state index contributed by atoms with van der Waals surface area (Å²) in [5.41, 5.74) is -0.750. The molecule has 0 spiro atoms. The van der Waals surface area contributed by atoms with Gasteiger partial charge in [0.15, 0.2) is 0 Å². The van der Waals surface area contributed by atoms with Crippen LogP contribution in [0.3, 0.4) is 0 Å². The van der Waals surface area contributed by atoms with Gasteiger partial charge in [-0.25, -0.2) is 4.79 Å². The monoisotopic (exact) mass is 259 g/mol. The zero-order chi connectivity index (χ0) is 14.4. The Morgan fingerprint density at radius 3 is 2.22 bits per heavy atom. The van der Waals surface area contributed by atoms with Crippen LogP contribution in [-0.4, -0.2) is 30.0 Å². The molecule has 0 aromatic rings. The average molecular weight is 259 g/mol. The van der Waals surface area contributed by atoms with Crippen LogP contribution in [0.5, 0.6) is 0 Å². The molecule has 0 rings (SSSR count). The van der Waals surface area contributed by atoms with E-state index in [4.69, 9.17) is 4.74 Å². The van der Waals surface area contributed by atoms with Gasteiger partial charge in [0.2, 0.25) is 0 Å². The summed E-state index contributed by atoms with van der Waals surface area (Å²) in [5.74, 6) is 0.303. The predicted octanol–water partition coefficient (Wildman–Crippen LogP) is 2.95. The van der Waals surface area contributed by atoms with E-state index in [1.165, 1.54) is 0 Å². The fraction of sp³-hybridized carbons (Fsp3) is 0.929. The van der Waals surface area contributed by atoms with Crippen molar-refractivity contribution in [2.75, 3.05) is 13.2 Å². The van der Waals surface area contributed by atoms with Crippen LogP contribution in [0, 0.1) is 11.3 Å². The summed E-state index contributed by atoms with van der Waals surface area (Å²) in [6.07, 6.45) is 1.45. The molecule has 4 nitrogen and oxygen atoms in total. The van der Waals surface area contributed by atoms with E-state index >= 15 is 0 Å². The molecular weight excluding hydrogens is 230 g/mol. The summed E-state index contributed by atoms with van der Waals surface area (Å²) in [5, 5.41) is 12.4. The van der Waals surface area contributed by atoms with Crippen LogP contribution in [0.2, 0.25) is 0 Å². The molecule has 0 aliphatic carbocycles. The molecule has 1 unspecified atom stereocenters. The van der Waals surface area contributed by atoms with Crippen LogP contribution in [-0.2, 0) is 4.74 Å². The lowest BCUT2D eigenvalue weighted by molar-refractivity contribution is 0.0365. The van der Waals surface area contributed by atoms with Crippen molar-refractivity contribution in [2.24, 2.45) is 11.3 Å². The quantitative estimate of drug-likeness (QED) is 0.771. The Hall–Kier alpha value is -0.770. The number of aliphatic hydroxyl groups excluding tert-OH is 1. The summed E-state index contributed by atoms with van der Waals surface area (Å²) in [7, 11) is 0. The van der Waals surface area contributed by atoms with Gasteiger partial charge in [-0.1, -0.05) is 27.2 Å². The number of aliphatic hydroxyl groups is 1. The molecular formula is C14H29NO3. The van der Waals surface area contributed by atoms with Gasteiger partial charge >= 0.3 is 6.09 Å². The number of amides is 1. The summed E-state index contributed by atoms with van der Waals surface area (Å²) in [6, 6.07) is 0. The number of carbonyl (C=O) groups excluding carboxylic acids is 1. The van der Waals surface area contributed by atoms with Crippen molar-refractivity contribution in [1.29, 1.82) is 0 Å². The summed E-state index contributed by atoms with van der Waals surface area (Å²) in [4.78, 5) is 11.6. The van der Waals surface area contributed by atoms with Crippen molar-refractivity contribution < 1.29 is 14.6 Å². The van der Waals surface area contributed by atoms with E-state index in [0.29, 0.717) is 12.5 Å². The molecule has 0 aliphatic rings. The highest BCUT2D eigenvalue weighted by molar-refractivity contribution is 5.67. The Bertz CT molecular complexity index is 258. The molecule has 4 heteroatoms. The Kier molecular flexibility index (Phi) is 6.68. The van der Waals surface area contributed by atoms with Gasteiger partial charge in [0.25, 0.3) is 0 Å². The zero-order valence-corrected chi connectivity index (χ0v) is 12.7. The number of ether oxygens (including phenoxy) is 1. The first kappa shape index (κ1) is 17.2. The van der Waals surface area contributed by atoms with E-state index in [1.54, 1.807) is 0 Å². The molecule has 0 aromatic heterocycles. The Labute approximate surface area is 111 Å². The molecule has 0 heterocycles. The number of carbonyl (C=O) groups is 1. The number of rotatable bonds is 6. The van der Waals surface area contributed by atoms with Crippen LogP contribution in [0.25, 0.3) is 0 Å². The summed E-state index contributed by atoms with van der Waals surface area (Å²) < 4.78 is 5.20. The van der Waals surface area contributed by atoms with Gasteiger partial charge in [-0.3, -0.25) is 0 Å². The maximum Gasteiger partial charge on any atom is 0.407 e. The lowest BCUT2D eigenvalue weighted by atomic mass is 9.74. The van der Waals surface area contributed by atoms with Crippen molar-refractivity contribution in [2.45, 2.75) is 60.0 Å². The van der Waals surface area contributed by atoms with Crippen molar-refractivity contribution in [3.05, 3.63) is 0 Å². The highest BCUT2D eigenvalue weighted by atomic mass is 16.6. The van der Waals surface area contributed by atoms with Crippen LogP contribution in [0.1, 0.15) is 54.4 Å². The number of hydrogen-bond acceptors (Lipinski definition) is 3. The van der Waals surface area contributed by atoms with Crippen LogP contribution >= 0.6 is 0 Å². The van der Waals surface area contributed by atoms with Crippen molar-refractivity contribution in [1.82, 2.24) is 5.32 Å². The van der Waals surface area contributed by atoms with Crippen LogP contribution < -0.4 is 5.32 Å². The van der Waals surface area contributed by atoms with Crippen molar-refractivity contribution in [3.8, 4) is 0 Å². The minimum absolute atomic E-state index is 0.0777. The minimum Gasteiger partial charge on any atom is -0.444 e. The Morgan fingerprint density at radius 2 is 1.89 bits per heavy atom. The molecule has 2 N–H and O–H groups in total. The smallest absolute Gasteiger partial charge is 0.407 e. The third-order valence-corrected chi connectivity index (χ3v) is 3.27. The van der Waals surface area contributed by atoms with E-state index in [-0.39, 0.29) is 12.0 Å². The normalized spacial score (nSPS) is 15.3. The van der Waals surface area contributed by atoms with Gasteiger partial charge in [0.1, 0.15) is 5.60 Å². The van der Waals surface area contributed by atoms with Gasteiger partial charge in [-0.05, 0) is 33.1 Å². The molecule has 0 aromatic carbocycles. The second-order valence-corrected chi connectivity index (χ2v) is 6.28. The summed E-state index contributed by atoms with van der Waals surface area (Å²) >= 11 is 0. The first-order valence-corrected chi connectivity index (χ1v) is 6.74. The standard InChI is InChI=1S/C14H29NO3/c1-7-8-14(10-16,11(2)3)9-15-12(17)18-13(4,5)6/h11,16H,7-10H2,1-6H3,(H,15,17). The van der Waals surface area contributed by atoms with Gasteiger partial charge in [0.05, 0.1) is 6.61 Å². The largest absolute Gasteiger partial charge is 0.444 e. The highest BCUT2D eigenvalue weighted by Crippen LogP contribution is 2.31. The molecule has 0 fully saturated rings. The van der Waals surface area contributed by atoms with E-state index in [0.717, 1.165) is 12.8 Å². The molecule has 0 saturated heterocycles. The van der Waals surface area contributed by atoms with Gasteiger partial charge in [-0.2, -0.15) is 0 Å². The van der Waals surface area contributed by atoms with E-state index in [9.17, 15) is 9.90 Å². The molecule has 18 heavy (non-hydrogen) atoms. The predicted molar refractivity (Wildman–Crippen MR) is 73.5 cm³/mol. The van der Waals surface area contributed by atoms with Crippen LogP contribution in [0.4, 0.5) is 4.79 Å². The van der Waals surface area contributed by atoms with Crippen LogP contribution in [0.15, 0.2) is 0 Å². The molecule has 0 aliphatic heterocycles. The molecule has 1 amide bonds. The molecule has 0 saturated carbocycles. The topological polar surface area (TPSA) is 58.6 Å². The average Bonchev–Trinajstić information content (AvgIpc) is 2.21. The van der Waals surface area contributed by atoms with Gasteiger partial charge in [-0.15, -0.1) is 0 Å². The number of nitrogens with one attached hydrogen (secondary N) is 1. The zero-order valence-electron chi connectivity index (χ0n) is 12.7. The second-order valence-electron chi connectivity index (χ2n) is 6.28. The molecule has 1 atom stereocenters. The first-order valence-electron chi connectivity index (χ1n) is 6.74. The maximum absolute atomic E-state index is 11.6. The van der Waals surface area contributed by atoms with E-state index < -0.39 is 11.7 Å².